The third-order valence-corrected chi connectivity index (χ3v) is 8.08. The number of thiophene rings is 1. The maximum absolute atomic E-state index is 13.4. The van der Waals surface area contributed by atoms with Crippen molar-refractivity contribution < 1.29 is 9.53 Å². The number of nitrogens with one attached hydrogen (secondary N) is 1. The topological polar surface area (TPSA) is 50.7 Å². The summed E-state index contributed by atoms with van der Waals surface area (Å²) >= 11 is 1.71. The number of nitrogens with zero attached hydrogens (tertiary/aromatic N) is 1. The molecule has 4 rings (SSSR count). The number of ether oxygens (including phenoxy) is 1. The fourth-order valence-corrected chi connectivity index (χ4v) is 6.22. The first-order valence-electron chi connectivity index (χ1n) is 12.2. The van der Waals surface area contributed by atoms with Gasteiger partial charge in [-0.3, -0.25) is 4.79 Å². The van der Waals surface area contributed by atoms with Crippen LogP contribution in [0.2, 0.25) is 0 Å². The summed E-state index contributed by atoms with van der Waals surface area (Å²) in [7, 11) is 1.72. The third-order valence-electron chi connectivity index (χ3n) is 6.88. The molecule has 2 aliphatic rings. The molecular weight excluding hydrogens is 416 g/mol. The van der Waals surface area contributed by atoms with E-state index < -0.39 is 0 Å². The van der Waals surface area contributed by atoms with E-state index in [0.29, 0.717) is 12.0 Å². The zero-order valence-corrected chi connectivity index (χ0v) is 20.7. The van der Waals surface area contributed by atoms with Crippen LogP contribution in [0.15, 0.2) is 17.1 Å². The number of benzene rings is 1. The van der Waals surface area contributed by atoms with Gasteiger partial charge in [0.05, 0.1) is 12.7 Å². The first kappa shape index (κ1) is 23.0. The largest absolute Gasteiger partial charge is 0.496 e. The van der Waals surface area contributed by atoms with Crippen LogP contribution >= 0.6 is 11.3 Å². The van der Waals surface area contributed by atoms with Crippen molar-refractivity contribution in [3.8, 4) is 5.75 Å². The van der Waals surface area contributed by atoms with E-state index in [0.717, 1.165) is 59.5 Å². The lowest BCUT2D eigenvalue weighted by atomic mass is 9.93. The molecule has 0 saturated heterocycles. The van der Waals surface area contributed by atoms with Gasteiger partial charge in [-0.05, 0) is 85.8 Å². The highest BCUT2D eigenvalue weighted by Gasteiger charge is 2.27. The highest BCUT2D eigenvalue weighted by molar-refractivity contribution is 7.16. The molecule has 1 amide bonds. The molecule has 172 valence electrons. The minimum atomic E-state index is 0.0813. The molecule has 1 saturated carbocycles. The molecule has 32 heavy (non-hydrogen) atoms. The van der Waals surface area contributed by atoms with Crippen molar-refractivity contribution in [1.29, 1.82) is 0 Å². The highest BCUT2D eigenvalue weighted by Crippen LogP contribution is 2.40. The number of carbonyl (C=O) groups is 1. The molecule has 0 radical (unpaired) electrons. The lowest BCUT2D eigenvalue weighted by Crippen LogP contribution is -2.36. The molecule has 1 fully saturated rings. The van der Waals surface area contributed by atoms with Gasteiger partial charge in [-0.1, -0.05) is 33.1 Å². The summed E-state index contributed by atoms with van der Waals surface area (Å²) < 4.78 is 5.59. The Morgan fingerprint density at radius 1 is 1.16 bits per heavy atom. The van der Waals surface area contributed by atoms with E-state index in [1.807, 2.05) is 6.21 Å². The van der Waals surface area contributed by atoms with E-state index in [-0.39, 0.29) is 5.91 Å². The van der Waals surface area contributed by atoms with Crippen molar-refractivity contribution in [2.24, 2.45) is 4.99 Å². The van der Waals surface area contributed by atoms with Crippen LogP contribution in [-0.4, -0.2) is 25.3 Å². The molecule has 0 atom stereocenters. The Labute approximate surface area is 196 Å². The van der Waals surface area contributed by atoms with E-state index in [4.69, 9.17) is 9.73 Å². The lowest BCUT2D eigenvalue weighted by molar-refractivity contribution is 0.0927. The molecule has 0 spiro atoms. The molecule has 1 aromatic carbocycles. The van der Waals surface area contributed by atoms with Crippen molar-refractivity contribution in [1.82, 2.24) is 5.32 Å². The zero-order chi connectivity index (χ0) is 22.7. The molecule has 0 aliphatic heterocycles. The smallest absolute Gasteiger partial charge is 0.254 e. The molecule has 2 aliphatic carbocycles. The average molecular weight is 453 g/mol. The number of rotatable bonds is 6. The Morgan fingerprint density at radius 3 is 2.62 bits per heavy atom. The molecule has 2 aromatic rings. The first-order chi connectivity index (χ1) is 15.5. The van der Waals surface area contributed by atoms with E-state index in [9.17, 15) is 4.79 Å². The van der Waals surface area contributed by atoms with E-state index in [2.05, 4.69) is 38.2 Å². The van der Waals surface area contributed by atoms with Crippen molar-refractivity contribution >= 4 is 28.5 Å². The fourth-order valence-electron chi connectivity index (χ4n) is 4.99. The van der Waals surface area contributed by atoms with Crippen LogP contribution < -0.4 is 10.1 Å². The quantitative estimate of drug-likeness (QED) is 0.486. The fraction of sp³-hybridized carbons (Fsp3) is 0.556. The van der Waals surface area contributed by atoms with Crippen molar-refractivity contribution in [2.45, 2.75) is 90.5 Å². The Kier molecular flexibility index (Phi) is 7.34. The lowest BCUT2D eigenvalue weighted by Gasteiger charge is -2.23. The normalized spacial score (nSPS) is 17.0. The minimum absolute atomic E-state index is 0.0813. The van der Waals surface area contributed by atoms with E-state index in [1.165, 1.54) is 41.7 Å². The molecule has 0 unspecified atom stereocenters. The number of amides is 1. The number of hydrogen-bond acceptors (Lipinski definition) is 4. The van der Waals surface area contributed by atoms with Crippen molar-refractivity contribution in [3.05, 3.63) is 44.8 Å². The van der Waals surface area contributed by atoms with Crippen molar-refractivity contribution in [2.75, 3.05) is 7.11 Å². The molecule has 1 N–H and O–H groups in total. The molecule has 1 heterocycles. The molecule has 0 bridgehead atoms. The number of hydrogen-bond donors (Lipinski definition) is 1. The summed E-state index contributed by atoms with van der Waals surface area (Å²) in [5.41, 5.74) is 5.47. The first-order valence-corrected chi connectivity index (χ1v) is 13.0. The van der Waals surface area contributed by atoms with E-state index in [1.54, 1.807) is 18.4 Å². The standard InChI is InChI=1S/C27H36N2O2S/c1-17(2)22-15-19(18(3)14-23(22)31-4)16-28-27-25(21-12-8-9-13-24(21)32-27)26(30)29-20-10-6-5-7-11-20/h14-17,20H,5-13H2,1-4H3,(H,29,30). The molecule has 1 aromatic heterocycles. The number of aliphatic imine (C=N–C) groups is 1. The third kappa shape index (κ3) is 4.93. The number of carbonyl (C=O) groups excluding carboxylic acids is 1. The summed E-state index contributed by atoms with van der Waals surface area (Å²) in [6, 6.07) is 4.58. The van der Waals surface area contributed by atoms with Crippen LogP contribution in [0.3, 0.4) is 0 Å². The van der Waals surface area contributed by atoms with Crippen LogP contribution in [0.4, 0.5) is 5.00 Å². The van der Waals surface area contributed by atoms with Gasteiger partial charge in [-0.25, -0.2) is 4.99 Å². The second-order valence-corrected chi connectivity index (χ2v) is 10.6. The Bertz CT molecular complexity index is 1000. The van der Waals surface area contributed by atoms with Crippen molar-refractivity contribution in [3.63, 3.8) is 0 Å². The van der Waals surface area contributed by atoms with Gasteiger partial charge in [0.25, 0.3) is 5.91 Å². The van der Waals surface area contributed by atoms with E-state index >= 15 is 0 Å². The number of fused-ring (bicyclic) bond motifs is 1. The minimum Gasteiger partial charge on any atom is -0.496 e. The maximum atomic E-state index is 13.4. The second-order valence-electron chi connectivity index (χ2n) is 9.56. The van der Waals surface area contributed by atoms with Gasteiger partial charge in [-0.15, -0.1) is 11.3 Å². The van der Waals surface area contributed by atoms with Crippen LogP contribution in [0.5, 0.6) is 5.75 Å². The van der Waals surface area contributed by atoms with Gasteiger partial charge in [0.1, 0.15) is 10.8 Å². The predicted octanol–water partition coefficient (Wildman–Crippen LogP) is 6.88. The SMILES string of the molecule is COc1cc(C)c(C=Nc2sc3c(c2C(=O)NC2CCCCC2)CCCC3)cc1C(C)C. The molecule has 4 nitrogen and oxygen atoms in total. The van der Waals surface area contributed by atoms with Gasteiger partial charge >= 0.3 is 0 Å². The summed E-state index contributed by atoms with van der Waals surface area (Å²) in [4.78, 5) is 19.6. The van der Waals surface area contributed by atoms with Gasteiger partial charge in [-0.2, -0.15) is 0 Å². The van der Waals surface area contributed by atoms with Gasteiger partial charge in [0.2, 0.25) is 0 Å². The summed E-state index contributed by atoms with van der Waals surface area (Å²) in [6.07, 6.45) is 12.3. The van der Waals surface area contributed by atoms with Gasteiger partial charge < -0.3 is 10.1 Å². The summed E-state index contributed by atoms with van der Waals surface area (Å²) in [5.74, 6) is 1.37. The highest BCUT2D eigenvalue weighted by atomic mass is 32.1. The van der Waals surface area contributed by atoms with Crippen LogP contribution in [0.1, 0.15) is 102 Å². The Hall–Kier alpha value is -2.14. The van der Waals surface area contributed by atoms with Gasteiger partial charge in [0, 0.05) is 17.1 Å². The number of methoxy groups -OCH3 is 1. The average Bonchev–Trinajstić information content (AvgIpc) is 3.17. The van der Waals surface area contributed by atoms with Crippen LogP contribution in [0.25, 0.3) is 0 Å². The Morgan fingerprint density at radius 2 is 1.91 bits per heavy atom. The maximum Gasteiger partial charge on any atom is 0.254 e. The predicted molar refractivity (Wildman–Crippen MR) is 134 cm³/mol. The second kappa shape index (κ2) is 10.2. The summed E-state index contributed by atoms with van der Waals surface area (Å²) in [5, 5.41) is 4.20. The zero-order valence-electron chi connectivity index (χ0n) is 19.9. The van der Waals surface area contributed by atoms with Crippen LogP contribution in [0, 0.1) is 6.92 Å². The monoisotopic (exact) mass is 452 g/mol. The Balaban J connectivity index is 1.66. The molecule has 5 heteroatoms. The van der Waals surface area contributed by atoms with Crippen LogP contribution in [-0.2, 0) is 12.8 Å². The summed E-state index contributed by atoms with van der Waals surface area (Å²) in [6.45, 7) is 6.44. The number of aryl methyl sites for hydroxylation is 2. The van der Waals surface area contributed by atoms with Gasteiger partial charge in [0.15, 0.2) is 0 Å². The molecular formula is C27H36N2O2S.